The zero-order valence-corrected chi connectivity index (χ0v) is 21.5. The number of hydrogen-bond acceptors (Lipinski definition) is 3. The van der Waals surface area contributed by atoms with Crippen molar-refractivity contribution < 1.29 is 19.8 Å². The molecule has 0 radical (unpaired) electrons. The molecule has 2 N–H and O–H groups in total. The lowest BCUT2D eigenvalue weighted by atomic mass is 9.46. The minimum Gasteiger partial charge on any atom is -0.481 e. The van der Waals surface area contributed by atoms with Gasteiger partial charge in [0, 0.05) is 5.92 Å². The highest BCUT2D eigenvalue weighted by atomic mass is 16.4. The highest BCUT2D eigenvalue weighted by Crippen LogP contribution is 2.67. The summed E-state index contributed by atoms with van der Waals surface area (Å²) in [5.41, 5.74) is -0.0128. The van der Waals surface area contributed by atoms with Crippen molar-refractivity contribution in [2.75, 3.05) is 0 Å². The van der Waals surface area contributed by atoms with Gasteiger partial charge in [0.1, 0.15) is 0 Å². The number of hydrogen-bond donors (Lipinski definition) is 2. The number of carboxylic acids is 1. The number of ketones is 1. The van der Waals surface area contributed by atoms with Gasteiger partial charge in [-0.05, 0) is 91.4 Å². The van der Waals surface area contributed by atoms with Gasteiger partial charge in [-0.2, -0.15) is 0 Å². The Labute approximate surface area is 200 Å². The molecular formula is C29H46O4. The van der Waals surface area contributed by atoms with Crippen molar-refractivity contribution >= 4 is 11.8 Å². The van der Waals surface area contributed by atoms with Crippen LogP contribution in [0.2, 0.25) is 0 Å². The van der Waals surface area contributed by atoms with E-state index in [1.165, 1.54) is 38.5 Å². The van der Waals surface area contributed by atoms with Gasteiger partial charge in [0.2, 0.25) is 0 Å². The zero-order chi connectivity index (χ0) is 24.2. The molecule has 0 aromatic carbocycles. The average Bonchev–Trinajstić information content (AvgIpc) is 3.05. The van der Waals surface area contributed by atoms with E-state index in [0.29, 0.717) is 30.6 Å². The first-order chi connectivity index (χ1) is 15.4. The van der Waals surface area contributed by atoms with Crippen LogP contribution in [0.15, 0.2) is 11.6 Å². The molecule has 4 heteroatoms. The van der Waals surface area contributed by atoms with Crippen molar-refractivity contribution in [1.29, 1.82) is 0 Å². The third-order valence-corrected chi connectivity index (χ3v) is 10.8. The second-order valence-corrected chi connectivity index (χ2v) is 13.2. The summed E-state index contributed by atoms with van der Waals surface area (Å²) in [6.45, 7) is 11.9. The van der Waals surface area contributed by atoms with Crippen LogP contribution in [-0.4, -0.2) is 27.6 Å². The number of carboxylic acid groups (broad SMARTS) is 1. The molecule has 3 saturated carbocycles. The predicted octanol–water partition coefficient (Wildman–Crippen LogP) is 6.41. The molecule has 186 valence electrons. The van der Waals surface area contributed by atoms with Crippen LogP contribution in [0, 0.1) is 46.3 Å². The maximum atomic E-state index is 13.6. The van der Waals surface area contributed by atoms with E-state index in [1.807, 2.05) is 6.08 Å². The van der Waals surface area contributed by atoms with Crippen molar-refractivity contribution in [3.05, 3.63) is 11.6 Å². The van der Waals surface area contributed by atoms with Crippen LogP contribution in [0.5, 0.6) is 0 Å². The molecule has 8 atom stereocenters. The fraction of sp³-hybridized carbons (Fsp3) is 0.862. The Bertz CT molecular complexity index is 814. The maximum absolute atomic E-state index is 13.6. The normalized spacial score (nSPS) is 43.5. The first kappa shape index (κ1) is 24.9. The molecule has 4 rings (SSSR count). The second kappa shape index (κ2) is 8.81. The van der Waals surface area contributed by atoms with E-state index >= 15 is 0 Å². The summed E-state index contributed by atoms with van der Waals surface area (Å²) in [7, 11) is 0. The molecule has 0 aliphatic heterocycles. The number of allylic oxidation sites excluding steroid dienone is 1. The Kier molecular flexibility index (Phi) is 6.66. The number of fused-ring (bicyclic) bond motifs is 5. The summed E-state index contributed by atoms with van der Waals surface area (Å²) >= 11 is 0. The van der Waals surface area contributed by atoms with Crippen molar-refractivity contribution in [3.8, 4) is 0 Å². The minimum absolute atomic E-state index is 0.0778. The highest BCUT2D eigenvalue weighted by molar-refractivity contribution is 5.94. The fourth-order valence-electron chi connectivity index (χ4n) is 8.91. The van der Waals surface area contributed by atoms with E-state index in [4.69, 9.17) is 0 Å². The number of aliphatic carboxylic acids is 1. The molecule has 0 aromatic heterocycles. The summed E-state index contributed by atoms with van der Waals surface area (Å²) in [6, 6.07) is 0. The van der Waals surface area contributed by atoms with Gasteiger partial charge in [0.05, 0.1) is 12.0 Å². The van der Waals surface area contributed by atoms with Gasteiger partial charge < -0.3 is 10.2 Å². The van der Waals surface area contributed by atoms with Crippen LogP contribution in [-0.2, 0) is 9.59 Å². The summed E-state index contributed by atoms with van der Waals surface area (Å²) in [4.78, 5) is 24.9. The Morgan fingerprint density at radius 1 is 1.06 bits per heavy atom. The molecule has 3 fully saturated rings. The molecule has 0 bridgehead atoms. The van der Waals surface area contributed by atoms with Crippen LogP contribution in [0.3, 0.4) is 0 Å². The smallest absolute Gasteiger partial charge is 0.306 e. The van der Waals surface area contributed by atoms with E-state index in [1.54, 1.807) is 0 Å². The van der Waals surface area contributed by atoms with Crippen molar-refractivity contribution in [3.63, 3.8) is 0 Å². The largest absolute Gasteiger partial charge is 0.481 e. The van der Waals surface area contributed by atoms with Gasteiger partial charge in [-0.1, -0.05) is 59.5 Å². The molecular weight excluding hydrogens is 412 g/mol. The number of rotatable bonds is 7. The third kappa shape index (κ3) is 4.34. The van der Waals surface area contributed by atoms with Crippen LogP contribution >= 0.6 is 0 Å². The highest BCUT2D eigenvalue weighted by Gasteiger charge is 2.62. The summed E-state index contributed by atoms with van der Waals surface area (Å²) in [6.07, 6.45) is 11.9. The molecule has 0 unspecified atom stereocenters. The quantitative estimate of drug-likeness (QED) is 0.462. The molecule has 4 nitrogen and oxygen atoms in total. The molecule has 4 aliphatic rings. The summed E-state index contributed by atoms with van der Waals surface area (Å²) in [5.74, 6) is 2.42. The standard InChI is InChI=1S/C29H46O4/c1-18(2)7-6-8-19(3)21-9-10-22-26-23(11-12-28(21,22)5)27(4)13-14-29(33,17-25(31)32)16-20(27)15-24(26)30/h15,18-19,21-23,26,33H,6-14,16-17H2,1-5H3,(H,31,32)/t19-,21-,22+,23+,26+,27+,28-,29-/m1/s1. The minimum atomic E-state index is -1.21. The maximum Gasteiger partial charge on any atom is 0.306 e. The van der Waals surface area contributed by atoms with E-state index < -0.39 is 11.6 Å². The van der Waals surface area contributed by atoms with Crippen molar-refractivity contribution in [1.82, 2.24) is 0 Å². The Morgan fingerprint density at radius 2 is 1.79 bits per heavy atom. The zero-order valence-electron chi connectivity index (χ0n) is 21.5. The van der Waals surface area contributed by atoms with Gasteiger partial charge in [-0.3, -0.25) is 9.59 Å². The third-order valence-electron chi connectivity index (χ3n) is 10.8. The molecule has 33 heavy (non-hydrogen) atoms. The molecule has 0 spiro atoms. The van der Waals surface area contributed by atoms with Crippen molar-refractivity contribution in [2.45, 2.75) is 111 Å². The van der Waals surface area contributed by atoms with Gasteiger partial charge in [0.25, 0.3) is 0 Å². The first-order valence-corrected chi connectivity index (χ1v) is 13.6. The van der Waals surface area contributed by atoms with E-state index in [-0.39, 0.29) is 29.0 Å². The SMILES string of the molecule is CC(C)CCC[C@@H](C)[C@H]1CC[C@H]2[C@@H]3C(=O)C=C4C[C@@](O)(CC(=O)O)CC[C@]4(C)[C@H]3CC[C@]12C. The summed E-state index contributed by atoms with van der Waals surface area (Å²) < 4.78 is 0. The van der Waals surface area contributed by atoms with Gasteiger partial charge in [0.15, 0.2) is 5.78 Å². The second-order valence-electron chi connectivity index (χ2n) is 13.2. The number of carbonyl (C=O) groups excluding carboxylic acids is 1. The lowest BCUT2D eigenvalue weighted by Gasteiger charge is -2.58. The lowest BCUT2D eigenvalue weighted by molar-refractivity contribution is -0.146. The number of carbonyl (C=O) groups is 2. The molecule has 4 aliphatic carbocycles. The molecule has 0 saturated heterocycles. The Hall–Kier alpha value is -1.16. The van der Waals surface area contributed by atoms with Crippen LogP contribution in [0.4, 0.5) is 0 Å². The average molecular weight is 459 g/mol. The predicted molar refractivity (Wildman–Crippen MR) is 131 cm³/mol. The van der Waals surface area contributed by atoms with Gasteiger partial charge in [-0.25, -0.2) is 0 Å². The monoisotopic (exact) mass is 458 g/mol. The van der Waals surface area contributed by atoms with Gasteiger partial charge >= 0.3 is 5.97 Å². The first-order valence-electron chi connectivity index (χ1n) is 13.6. The molecule has 0 heterocycles. The molecule has 0 aromatic rings. The fourth-order valence-corrected chi connectivity index (χ4v) is 8.91. The van der Waals surface area contributed by atoms with E-state index in [0.717, 1.165) is 30.3 Å². The topological polar surface area (TPSA) is 74.6 Å². The van der Waals surface area contributed by atoms with E-state index in [9.17, 15) is 19.8 Å². The Balaban J connectivity index is 1.54. The number of aliphatic hydroxyl groups is 1. The molecule has 0 amide bonds. The van der Waals surface area contributed by atoms with Crippen LogP contribution in [0.25, 0.3) is 0 Å². The van der Waals surface area contributed by atoms with E-state index in [2.05, 4.69) is 34.6 Å². The lowest BCUT2D eigenvalue weighted by Crippen LogP contribution is -2.55. The summed E-state index contributed by atoms with van der Waals surface area (Å²) in [5, 5.41) is 20.2. The van der Waals surface area contributed by atoms with Crippen LogP contribution in [0.1, 0.15) is 105 Å². The van der Waals surface area contributed by atoms with Gasteiger partial charge in [-0.15, -0.1) is 0 Å². The Morgan fingerprint density at radius 3 is 2.45 bits per heavy atom. The van der Waals surface area contributed by atoms with Crippen molar-refractivity contribution in [2.24, 2.45) is 46.3 Å². The van der Waals surface area contributed by atoms with Crippen LogP contribution < -0.4 is 0 Å².